The Kier molecular flexibility index (Phi) is 2.29. The Balaban J connectivity index is 2.41. The highest BCUT2D eigenvalue weighted by molar-refractivity contribution is 5.33. The molecule has 13 heavy (non-hydrogen) atoms. The van der Waals surface area contributed by atoms with Gasteiger partial charge in [0.2, 0.25) is 0 Å². The Morgan fingerprint density at radius 1 is 1.54 bits per heavy atom. The molecule has 0 radical (unpaired) electrons. The number of rotatable bonds is 1. The molecule has 2 rings (SSSR count). The van der Waals surface area contributed by atoms with Gasteiger partial charge in [0, 0.05) is 12.6 Å². The van der Waals surface area contributed by atoms with Gasteiger partial charge in [-0.1, -0.05) is 6.07 Å². The molecule has 1 heterocycles. The Hall–Kier alpha value is -0.930. The maximum atomic E-state index is 12.9. The van der Waals surface area contributed by atoms with Crippen LogP contribution in [0.15, 0.2) is 18.2 Å². The molecule has 0 aliphatic carbocycles. The highest BCUT2D eigenvalue weighted by atomic mass is 19.1. The van der Waals surface area contributed by atoms with Gasteiger partial charge in [0.15, 0.2) is 0 Å². The van der Waals surface area contributed by atoms with Gasteiger partial charge in [0.05, 0.1) is 0 Å². The van der Waals surface area contributed by atoms with Crippen LogP contribution in [0.5, 0.6) is 0 Å². The highest BCUT2D eigenvalue weighted by Gasteiger charge is 2.18. The van der Waals surface area contributed by atoms with Crippen molar-refractivity contribution in [1.82, 2.24) is 5.32 Å². The summed E-state index contributed by atoms with van der Waals surface area (Å²) in [4.78, 5) is 0. The van der Waals surface area contributed by atoms with Crippen LogP contribution in [0.4, 0.5) is 4.39 Å². The van der Waals surface area contributed by atoms with E-state index in [-0.39, 0.29) is 11.9 Å². The molecule has 0 amide bonds. The molecule has 1 atom stereocenters. The predicted octanol–water partition coefficient (Wildman–Crippen LogP) is 0.971. The number of benzene rings is 1. The van der Waals surface area contributed by atoms with Gasteiger partial charge >= 0.3 is 0 Å². The monoisotopic (exact) mass is 180 g/mol. The Labute approximate surface area is 76.9 Å². The van der Waals surface area contributed by atoms with Crippen LogP contribution in [0.3, 0.4) is 0 Å². The first kappa shape index (κ1) is 8.66. The van der Waals surface area contributed by atoms with E-state index in [0.29, 0.717) is 6.54 Å². The summed E-state index contributed by atoms with van der Waals surface area (Å²) in [6.07, 6.45) is 0.964. The molecule has 0 aromatic heterocycles. The van der Waals surface area contributed by atoms with E-state index in [9.17, 15) is 4.39 Å². The summed E-state index contributed by atoms with van der Waals surface area (Å²) in [5.41, 5.74) is 7.82. The van der Waals surface area contributed by atoms with Gasteiger partial charge in [-0.05, 0) is 36.2 Å². The van der Waals surface area contributed by atoms with Gasteiger partial charge in [-0.15, -0.1) is 0 Å². The molecule has 1 aromatic carbocycles. The van der Waals surface area contributed by atoms with Crippen LogP contribution in [0.1, 0.15) is 17.2 Å². The van der Waals surface area contributed by atoms with Crippen LogP contribution >= 0.6 is 0 Å². The minimum Gasteiger partial charge on any atom is -0.329 e. The Bertz CT molecular complexity index is 312. The highest BCUT2D eigenvalue weighted by Crippen LogP contribution is 2.22. The SMILES string of the molecule is NCC1NCCc2ccc(F)cc21. The maximum Gasteiger partial charge on any atom is 0.123 e. The molecule has 3 N–H and O–H groups in total. The van der Waals surface area contributed by atoms with Crippen molar-refractivity contribution < 1.29 is 4.39 Å². The van der Waals surface area contributed by atoms with E-state index >= 15 is 0 Å². The summed E-state index contributed by atoms with van der Waals surface area (Å²) < 4.78 is 12.9. The van der Waals surface area contributed by atoms with Crippen LogP contribution in [0, 0.1) is 5.82 Å². The molecule has 1 unspecified atom stereocenters. The van der Waals surface area contributed by atoms with E-state index in [1.165, 1.54) is 11.6 Å². The van der Waals surface area contributed by atoms with E-state index in [1.807, 2.05) is 6.07 Å². The van der Waals surface area contributed by atoms with E-state index in [4.69, 9.17) is 5.73 Å². The van der Waals surface area contributed by atoms with Crippen LogP contribution in [-0.2, 0) is 6.42 Å². The standard InChI is InChI=1S/C10H13FN2/c11-8-2-1-7-3-4-13-10(6-12)9(7)5-8/h1-2,5,10,13H,3-4,6,12H2. The largest absolute Gasteiger partial charge is 0.329 e. The summed E-state index contributed by atoms with van der Waals surface area (Å²) in [6.45, 7) is 1.46. The lowest BCUT2D eigenvalue weighted by Crippen LogP contribution is -2.34. The number of hydrogen-bond donors (Lipinski definition) is 2. The third-order valence-corrected chi connectivity index (χ3v) is 2.50. The molecule has 1 aliphatic rings. The number of halogens is 1. The first-order chi connectivity index (χ1) is 6.31. The van der Waals surface area contributed by atoms with Gasteiger partial charge in [-0.2, -0.15) is 0 Å². The first-order valence-electron chi connectivity index (χ1n) is 4.53. The third kappa shape index (κ3) is 1.57. The second-order valence-electron chi connectivity index (χ2n) is 3.34. The number of fused-ring (bicyclic) bond motifs is 1. The minimum atomic E-state index is -0.180. The van der Waals surface area contributed by atoms with E-state index in [2.05, 4.69) is 5.32 Å². The normalized spacial score (nSPS) is 21.2. The zero-order valence-electron chi connectivity index (χ0n) is 7.39. The van der Waals surface area contributed by atoms with Crippen LogP contribution < -0.4 is 11.1 Å². The molecule has 0 bridgehead atoms. The average molecular weight is 180 g/mol. The fraction of sp³-hybridized carbons (Fsp3) is 0.400. The minimum absolute atomic E-state index is 0.124. The average Bonchev–Trinajstić information content (AvgIpc) is 2.17. The topological polar surface area (TPSA) is 38.0 Å². The van der Waals surface area contributed by atoms with Crippen molar-refractivity contribution in [3.63, 3.8) is 0 Å². The molecule has 1 aliphatic heterocycles. The van der Waals surface area contributed by atoms with Crippen LogP contribution in [0.2, 0.25) is 0 Å². The lowest BCUT2D eigenvalue weighted by molar-refractivity contribution is 0.507. The number of nitrogens with two attached hydrogens (primary N) is 1. The summed E-state index contributed by atoms with van der Waals surface area (Å²) in [5.74, 6) is -0.180. The summed E-state index contributed by atoms with van der Waals surface area (Å²) in [5, 5.41) is 3.26. The molecule has 0 saturated heterocycles. The maximum absolute atomic E-state index is 12.9. The Morgan fingerprint density at radius 2 is 2.38 bits per heavy atom. The first-order valence-corrected chi connectivity index (χ1v) is 4.53. The van der Waals surface area contributed by atoms with Gasteiger partial charge < -0.3 is 11.1 Å². The smallest absolute Gasteiger partial charge is 0.123 e. The molecule has 3 heteroatoms. The van der Waals surface area contributed by atoms with E-state index in [0.717, 1.165) is 18.5 Å². The molecule has 2 nitrogen and oxygen atoms in total. The fourth-order valence-electron chi connectivity index (χ4n) is 1.82. The molecule has 1 aromatic rings. The van der Waals surface area contributed by atoms with Gasteiger partial charge in [0.1, 0.15) is 5.82 Å². The van der Waals surface area contributed by atoms with Crippen LogP contribution in [-0.4, -0.2) is 13.1 Å². The molecular formula is C10H13FN2. The van der Waals surface area contributed by atoms with Crippen molar-refractivity contribution in [2.24, 2.45) is 5.73 Å². The summed E-state index contributed by atoms with van der Waals surface area (Å²) in [6, 6.07) is 5.07. The quantitative estimate of drug-likeness (QED) is 0.676. The lowest BCUT2D eigenvalue weighted by atomic mass is 9.94. The molecule has 70 valence electrons. The van der Waals surface area contributed by atoms with Crippen molar-refractivity contribution in [2.45, 2.75) is 12.5 Å². The van der Waals surface area contributed by atoms with Crippen molar-refractivity contribution in [2.75, 3.05) is 13.1 Å². The third-order valence-electron chi connectivity index (χ3n) is 2.50. The Morgan fingerprint density at radius 3 is 3.15 bits per heavy atom. The van der Waals surface area contributed by atoms with Crippen LogP contribution in [0.25, 0.3) is 0 Å². The van der Waals surface area contributed by atoms with Crippen molar-refractivity contribution >= 4 is 0 Å². The van der Waals surface area contributed by atoms with Gasteiger partial charge in [-0.25, -0.2) is 4.39 Å². The number of nitrogens with one attached hydrogen (secondary N) is 1. The molecular weight excluding hydrogens is 167 g/mol. The summed E-state index contributed by atoms with van der Waals surface area (Å²) in [7, 11) is 0. The second-order valence-corrected chi connectivity index (χ2v) is 3.34. The second kappa shape index (κ2) is 3.44. The zero-order valence-corrected chi connectivity index (χ0v) is 7.39. The molecule has 0 spiro atoms. The van der Waals surface area contributed by atoms with Crippen molar-refractivity contribution in [1.29, 1.82) is 0 Å². The summed E-state index contributed by atoms with van der Waals surface area (Å²) >= 11 is 0. The molecule has 0 saturated carbocycles. The van der Waals surface area contributed by atoms with Gasteiger partial charge in [0.25, 0.3) is 0 Å². The van der Waals surface area contributed by atoms with Gasteiger partial charge in [-0.3, -0.25) is 0 Å². The number of hydrogen-bond acceptors (Lipinski definition) is 2. The van der Waals surface area contributed by atoms with E-state index in [1.54, 1.807) is 6.07 Å². The fourth-order valence-corrected chi connectivity index (χ4v) is 1.82. The lowest BCUT2D eigenvalue weighted by Gasteiger charge is -2.25. The van der Waals surface area contributed by atoms with E-state index < -0.39 is 0 Å². The zero-order chi connectivity index (χ0) is 9.26. The predicted molar refractivity (Wildman–Crippen MR) is 49.9 cm³/mol. The van der Waals surface area contributed by atoms with Crippen molar-refractivity contribution in [3.05, 3.63) is 35.1 Å². The molecule has 0 fully saturated rings. The van der Waals surface area contributed by atoms with Crippen molar-refractivity contribution in [3.8, 4) is 0 Å².